The zero-order chi connectivity index (χ0) is 15.4. The van der Waals surface area contributed by atoms with Crippen LogP contribution in [0.2, 0.25) is 0 Å². The second-order valence-electron chi connectivity index (χ2n) is 6.26. The van der Waals surface area contributed by atoms with Gasteiger partial charge in [0.1, 0.15) is 12.2 Å². The fourth-order valence-electron chi connectivity index (χ4n) is 2.25. The van der Waals surface area contributed by atoms with Crippen LogP contribution in [0.1, 0.15) is 47.0 Å². The molecule has 0 aromatic heterocycles. The lowest BCUT2D eigenvalue weighted by Gasteiger charge is -2.41. The van der Waals surface area contributed by atoms with Gasteiger partial charge in [0.15, 0.2) is 0 Å². The van der Waals surface area contributed by atoms with Gasteiger partial charge in [-0.25, -0.2) is 4.79 Å². The Labute approximate surface area is 120 Å². The van der Waals surface area contributed by atoms with Crippen molar-refractivity contribution >= 4 is 12.0 Å². The maximum absolute atomic E-state index is 12.0. The molecule has 6 nitrogen and oxygen atoms in total. The highest BCUT2D eigenvalue weighted by Gasteiger charge is 2.36. The third-order valence-corrected chi connectivity index (χ3v) is 3.49. The standard InChI is InChI=1S/C14H26N2O4/c1-5-14(19-10-11(15)17)6-8-16(9-7-14)12(18)20-13(2,3)4/h5-10H2,1-4H3,(H2,15,17). The number of hydrogen-bond donors (Lipinski definition) is 1. The minimum Gasteiger partial charge on any atom is -0.444 e. The Bertz CT molecular complexity index is 355. The van der Waals surface area contributed by atoms with E-state index in [-0.39, 0.29) is 18.3 Å². The van der Waals surface area contributed by atoms with Crippen LogP contribution in [0.5, 0.6) is 0 Å². The van der Waals surface area contributed by atoms with E-state index in [1.54, 1.807) is 4.90 Å². The topological polar surface area (TPSA) is 81.9 Å². The summed E-state index contributed by atoms with van der Waals surface area (Å²) in [4.78, 5) is 24.5. The number of amides is 2. The molecular weight excluding hydrogens is 260 g/mol. The van der Waals surface area contributed by atoms with Crippen molar-refractivity contribution in [1.82, 2.24) is 4.90 Å². The van der Waals surface area contributed by atoms with Gasteiger partial charge in [0.25, 0.3) is 0 Å². The average molecular weight is 286 g/mol. The molecule has 1 aliphatic heterocycles. The summed E-state index contributed by atoms with van der Waals surface area (Å²) in [7, 11) is 0. The number of primary amides is 1. The van der Waals surface area contributed by atoms with E-state index in [1.807, 2.05) is 27.7 Å². The Hall–Kier alpha value is -1.30. The molecule has 1 fully saturated rings. The molecule has 116 valence electrons. The highest BCUT2D eigenvalue weighted by Crippen LogP contribution is 2.30. The summed E-state index contributed by atoms with van der Waals surface area (Å²) in [6.45, 7) is 8.64. The predicted molar refractivity (Wildman–Crippen MR) is 75.2 cm³/mol. The van der Waals surface area contributed by atoms with E-state index in [0.29, 0.717) is 25.9 Å². The van der Waals surface area contributed by atoms with Gasteiger partial charge in [0.05, 0.1) is 5.60 Å². The molecule has 0 aliphatic carbocycles. The van der Waals surface area contributed by atoms with Crippen LogP contribution in [0.15, 0.2) is 0 Å². The van der Waals surface area contributed by atoms with E-state index < -0.39 is 11.5 Å². The van der Waals surface area contributed by atoms with Crippen molar-refractivity contribution in [1.29, 1.82) is 0 Å². The SMILES string of the molecule is CCC1(OCC(N)=O)CCN(C(=O)OC(C)(C)C)CC1. The first-order valence-electron chi connectivity index (χ1n) is 7.08. The van der Waals surface area contributed by atoms with E-state index >= 15 is 0 Å². The quantitative estimate of drug-likeness (QED) is 0.852. The number of likely N-dealkylation sites (tertiary alicyclic amines) is 1. The molecule has 0 aromatic carbocycles. The van der Waals surface area contributed by atoms with Crippen molar-refractivity contribution < 1.29 is 19.1 Å². The summed E-state index contributed by atoms with van der Waals surface area (Å²) in [6, 6.07) is 0. The van der Waals surface area contributed by atoms with Gasteiger partial charge < -0.3 is 20.1 Å². The summed E-state index contributed by atoms with van der Waals surface area (Å²) in [5.41, 5.74) is 4.28. The number of piperidine rings is 1. The van der Waals surface area contributed by atoms with Crippen molar-refractivity contribution in [3.05, 3.63) is 0 Å². The van der Waals surface area contributed by atoms with Crippen molar-refractivity contribution in [3.63, 3.8) is 0 Å². The second-order valence-corrected chi connectivity index (χ2v) is 6.26. The molecular formula is C14H26N2O4. The van der Waals surface area contributed by atoms with Gasteiger partial charge in [-0.1, -0.05) is 6.92 Å². The fourth-order valence-corrected chi connectivity index (χ4v) is 2.25. The first-order chi connectivity index (χ1) is 9.17. The molecule has 0 unspecified atom stereocenters. The van der Waals surface area contributed by atoms with Crippen LogP contribution < -0.4 is 5.73 Å². The van der Waals surface area contributed by atoms with Gasteiger partial charge in [0, 0.05) is 13.1 Å². The number of rotatable bonds is 4. The first-order valence-corrected chi connectivity index (χ1v) is 7.08. The maximum atomic E-state index is 12.0. The van der Waals surface area contributed by atoms with E-state index in [2.05, 4.69) is 0 Å². The fraction of sp³-hybridized carbons (Fsp3) is 0.857. The second kappa shape index (κ2) is 6.43. The van der Waals surface area contributed by atoms with Crippen molar-refractivity contribution in [2.75, 3.05) is 19.7 Å². The summed E-state index contributed by atoms with van der Waals surface area (Å²) >= 11 is 0. The Kier molecular flexibility index (Phi) is 5.39. The lowest BCUT2D eigenvalue weighted by atomic mass is 9.88. The Morgan fingerprint density at radius 3 is 2.20 bits per heavy atom. The lowest BCUT2D eigenvalue weighted by molar-refractivity contribution is -0.135. The van der Waals surface area contributed by atoms with Crippen LogP contribution in [0.25, 0.3) is 0 Å². The summed E-state index contributed by atoms with van der Waals surface area (Å²) in [5.74, 6) is -0.465. The normalized spacial score (nSPS) is 18.7. The molecule has 1 aliphatic rings. The number of nitrogens with zero attached hydrogens (tertiary/aromatic N) is 1. The number of carbonyl (C=O) groups excluding carboxylic acids is 2. The van der Waals surface area contributed by atoms with Crippen LogP contribution in [-0.2, 0) is 14.3 Å². The molecule has 2 N–H and O–H groups in total. The molecule has 0 atom stereocenters. The molecule has 0 spiro atoms. The van der Waals surface area contributed by atoms with Crippen molar-refractivity contribution in [2.45, 2.75) is 58.2 Å². The third-order valence-electron chi connectivity index (χ3n) is 3.49. The van der Waals surface area contributed by atoms with Crippen LogP contribution in [0.3, 0.4) is 0 Å². The minimum absolute atomic E-state index is 0.0692. The van der Waals surface area contributed by atoms with E-state index in [0.717, 1.165) is 6.42 Å². The van der Waals surface area contributed by atoms with Crippen LogP contribution >= 0.6 is 0 Å². The van der Waals surface area contributed by atoms with E-state index in [9.17, 15) is 9.59 Å². The molecule has 0 radical (unpaired) electrons. The number of carbonyl (C=O) groups is 2. The van der Waals surface area contributed by atoms with Crippen LogP contribution in [0, 0.1) is 0 Å². The highest BCUT2D eigenvalue weighted by atomic mass is 16.6. The molecule has 0 aromatic rings. The average Bonchev–Trinajstić information content (AvgIpc) is 2.35. The molecule has 6 heteroatoms. The molecule has 0 saturated carbocycles. The minimum atomic E-state index is -0.487. The molecule has 0 bridgehead atoms. The third kappa shape index (κ3) is 5.00. The Balaban J connectivity index is 2.52. The van der Waals surface area contributed by atoms with Crippen molar-refractivity contribution in [3.8, 4) is 0 Å². The predicted octanol–water partition coefficient (Wildman–Crippen LogP) is 1.67. The zero-order valence-electron chi connectivity index (χ0n) is 12.9. The van der Waals surface area contributed by atoms with E-state index in [4.69, 9.17) is 15.2 Å². The monoisotopic (exact) mass is 286 g/mol. The van der Waals surface area contributed by atoms with Crippen molar-refractivity contribution in [2.24, 2.45) is 5.73 Å². The van der Waals surface area contributed by atoms with Crippen LogP contribution in [-0.4, -0.2) is 47.8 Å². The smallest absolute Gasteiger partial charge is 0.410 e. The number of ether oxygens (including phenoxy) is 2. The van der Waals surface area contributed by atoms with Gasteiger partial charge in [-0.15, -0.1) is 0 Å². The highest BCUT2D eigenvalue weighted by molar-refractivity contribution is 5.75. The zero-order valence-corrected chi connectivity index (χ0v) is 12.9. The Morgan fingerprint density at radius 1 is 1.25 bits per heavy atom. The van der Waals surface area contributed by atoms with E-state index in [1.165, 1.54) is 0 Å². The van der Waals surface area contributed by atoms with Gasteiger partial charge >= 0.3 is 6.09 Å². The largest absolute Gasteiger partial charge is 0.444 e. The molecule has 1 heterocycles. The Morgan fingerprint density at radius 2 is 1.80 bits per heavy atom. The molecule has 2 amide bonds. The van der Waals surface area contributed by atoms with Gasteiger partial charge in [0.2, 0.25) is 5.91 Å². The number of hydrogen-bond acceptors (Lipinski definition) is 4. The van der Waals surface area contributed by atoms with Gasteiger partial charge in [-0.05, 0) is 40.0 Å². The van der Waals surface area contributed by atoms with Crippen LogP contribution in [0.4, 0.5) is 4.79 Å². The molecule has 1 saturated heterocycles. The summed E-state index contributed by atoms with van der Waals surface area (Å²) in [6.07, 6.45) is 1.88. The molecule has 1 rings (SSSR count). The van der Waals surface area contributed by atoms with Gasteiger partial charge in [-0.2, -0.15) is 0 Å². The number of nitrogens with two attached hydrogens (primary N) is 1. The lowest BCUT2D eigenvalue weighted by Crippen LogP contribution is -2.49. The first kappa shape index (κ1) is 16.8. The summed E-state index contributed by atoms with van der Waals surface area (Å²) < 4.78 is 11.0. The maximum Gasteiger partial charge on any atom is 0.410 e. The van der Waals surface area contributed by atoms with Gasteiger partial charge in [-0.3, -0.25) is 4.79 Å². The summed E-state index contributed by atoms with van der Waals surface area (Å²) in [5, 5.41) is 0. The molecule has 20 heavy (non-hydrogen) atoms.